The highest BCUT2D eigenvalue weighted by Crippen LogP contribution is 2.27. The van der Waals surface area contributed by atoms with Gasteiger partial charge in [-0.2, -0.15) is 13.9 Å². The van der Waals surface area contributed by atoms with Crippen molar-refractivity contribution >= 4 is 22.9 Å². The number of aromatic nitrogens is 3. The van der Waals surface area contributed by atoms with E-state index >= 15 is 0 Å². The maximum absolute atomic E-state index is 12.8. The number of amides is 1. The number of anilines is 1. The molecule has 0 saturated heterocycles. The number of hydrogen-bond donors (Lipinski definition) is 1. The molecule has 4 rings (SSSR count). The predicted molar refractivity (Wildman–Crippen MR) is 117 cm³/mol. The fraction of sp³-hybridized carbons (Fsp3) is 0.227. The molecule has 0 bridgehead atoms. The van der Waals surface area contributed by atoms with Crippen LogP contribution >= 0.6 is 11.3 Å². The van der Waals surface area contributed by atoms with Crippen LogP contribution in [0.5, 0.6) is 0 Å². The highest BCUT2D eigenvalue weighted by Gasteiger charge is 2.22. The lowest BCUT2D eigenvalue weighted by Gasteiger charge is -2.23. The molecule has 1 amide bonds. The third-order valence-electron chi connectivity index (χ3n) is 5.02. The van der Waals surface area contributed by atoms with E-state index in [9.17, 15) is 18.4 Å². The lowest BCUT2D eigenvalue weighted by Crippen LogP contribution is -2.30. The van der Waals surface area contributed by atoms with E-state index in [1.807, 2.05) is 36.4 Å². The highest BCUT2D eigenvalue weighted by atomic mass is 32.1. The molecule has 3 heterocycles. The Kier molecular flexibility index (Phi) is 6.30. The molecule has 0 aliphatic carbocycles. The summed E-state index contributed by atoms with van der Waals surface area (Å²) in [5.41, 5.74) is 6.36. The van der Waals surface area contributed by atoms with Gasteiger partial charge in [0.1, 0.15) is 6.33 Å². The molecule has 7 nitrogen and oxygen atoms in total. The zero-order chi connectivity index (χ0) is 22.7. The molecule has 164 valence electrons. The molecule has 1 aliphatic rings. The molecule has 2 aromatic heterocycles. The van der Waals surface area contributed by atoms with Crippen LogP contribution in [0, 0.1) is 12.0 Å². The Morgan fingerprint density at radius 3 is 2.75 bits per heavy atom. The van der Waals surface area contributed by atoms with Crippen LogP contribution in [0.2, 0.25) is 0 Å². The van der Waals surface area contributed by atoms with Gasteiger partial charge in [-0.3, -0.25) is 9.36 Å². The fourth-order valence-corrected chi connectivity index (χ4v) is 4.19. The predicted octanol–water partition coefficient (Wildman–Crippen LogP) is 2.55. The summed E-state index contributed by atoms with van der Waals surface area (Å²) in [7, 11) is 0. The second-order valence-corrected chi connectivity index (χ2v) is 8.30. The van der Waals surface area contributed by atoms with E-state index in [0.717, 1.165) is 25.7 Å². The van der Waals surface area contributed by atoms with Gasteiger partial charge in [-0.25, -0.2) is 14.4 Å². The number of halogens is 2. The number of para-hydroxylation sites is 1. The molecule has 0 fully saturated rings. The van der Waals surface area contributed by atoms with Crippen molar-refractivity contribution in [3.8, 4) is 12.0 Å². The molecule has 0 spiro atoms. The number of carbonyl (C=O) groups excluding carboxylic acids is 1. The number of rotatable bonds is 5. The van der Waals surface area contributed by atoms with Crippen LogP contribution in [-0.2, 0) is 24.3 Å². The fourth-order valence-electron chi connectivity index (χ4n) is 3.33. The van der Waals surface area contributed by atoms with Crippen LogP contribution in [0.25, 0.3) is 0 Å². The van der Waals surface area contributed by atoms with Gasteiger partial charge in [0, 0.05) is 29.5 Å². The van der Waals surface area contributed by atoms with Crippen LogP contribution < -0.4 is 16.3 Å². The molecule has 1 aromatic carbocycles. The summed E-state index contributed by atoms with van der Waals surface area (Å²) in [4.78, 5) is 27.8. The van der Waals surface area contributed by atoms with Crippen molar-refractivity contribution in [2.45, 2.75) is 25.9 Å². The van der Waals surface area contributed by atoms with Crippen LogP contribution in [0.15, 0.2) is 59.2 Å². The Hall–Kier alpha value is -3.55. The first-order chi connectivity index (χ1) is 15.5. The summed E-state index contributed by atoms with van der Waals surface area (Å²) in [6.07, 6.45) is 0.535. The van der Waals surface area contributed by atoms with Crippen LogP contribution in [-0.4, -0.2) is 26.8 Å². The van der Waals surface area contributed by atoms with Gasteiger partial charge in [-0.1, -0.05) is 18.2 Å². The Morgan fingerprint density at radius 2 is 1.97 bits per heavy atom. The minimum atomic E-state index is -1.90. The van der Waals surface area contributed by atoms with Crippen LogP contribution in [0.1, 0.15) is 21.7 Å². The van der Waals surface area contributed by atoms with Crippen molar-refractivity contribution in [3.05, 3.63) is 80.2 Å². The molecule has 32 heavy (non-hydrogen) atoms. The maximum atomic E-state index is 12.8. The van der Waals surface area contributed by atoms with Crippen LogP contribution in [0.3, 0.4) is 0 Å². The topological polar surface area (TPSA) is 86.2 Å². The molecular formula is C22H19F2N5O2S. The molecule has 1 aliphatic heterocycles. The minimum Gasteiger partial charge on any atom is -0.327 e. The van der Waals surface area contributed by atoms with Gasteiger partial charge in [0.05, 0.1) is 23.7 Å². The first-order valence-corrected chi connectivity index (χ1v) is 10.6. The van der Waals surface area contributed by atoms with Crippen molar-refractivity contribution < 1.29 is 13.6 Å². The number of aryl methyl sites for hydroxylation is 1. The first-order valence-electron chi connectivity index (χ1n) is 9.83. The molecule has 2 N–H and O–H groups in total. The molecule has 3 aromatic rings. The van der Waals surface area contributed by atoms with Crippen molar-refractivity contribution in [3.63, 3.8) is 0 Å². The van der Waals surface area contributed by atoms with Gasteiger partial charge in [0.2, 0.25) is 5.91 Å². The SMILES string of the molecule is NCC(Cn1ncn(Cc2ccc(C#CN3C(=O)CCc4ccccc43)s2)c1=O)=C(F)F. The molecule has 0 unspecified atom stereocenters. The van der Waals surface area contributed by atoms with Gasteiger partial charge in [0.25, 0.3) is 6.08 Å². The summed E-state index contributed by atoms with van der Waals surface area (Å²) in [6.45, 7) is -0.466. The number of nitrogens with two attached hydrogens (primary N) is 1. The lowest BCUT2D eigenvalue weighted by atomic mass is 10.0. The molecule has 0 saturated carbocycles. The third-order valence-corrected chi connectivity index (χ3v) is 6.01. The number of thiophene rings is 1. The molecule has 0 radical (unpaired) electrons. The van der Waals surface area contributed by atoms with Gasteiger partial charge in [-0.15, -0.1) is 11.3 Å². The largest absolute Gasteiger partial charge is 0.346 e. The number of fused-ring (bicyclic) bond motifs is 1. The number of nitrogens with zero attached hydrogens (tertiary/aromatic N) is 4. The van der Waals surface area contributed by atoms with Crippen molar-refractivity contribution in [2.24, 2.45) is 5.73 Å². The van der Waals surface area contributed by atoms with E-state index in [2.05, 4.69) is 17.1 Å². The van der Waals surface area contributed by atoms with Gasteiger partial charge < -0.3 is 5.73 Å². The second kappa shape index (κ2) is 9.30. The Balaban J connectivity index is 1.49. The number of benzene rings is 1. The maximum Gasteiger partial charge on any atom is 0.346 e. The van der Waals surface area contributed by atoms with E-state index in [-0.39, 0.29) is 31.1 Å². The summed E-state index contributed by atoms with van der Waals surface area (Å²) in [5.74, 6) is 2.98. The summed E-state index contributed by atoms with van der Waals surface area (Å²) in [5, 5.41) is 3.89. The van der Waals surface area contributed by atoms with E-state index in [0.29, 0.717) is 12.8 Å². The molecule has 10 heteroatoms. The molecule has 0 atom stereocenters. The zero-order valence-corrected chi connectivity index (χ0v) is 17.7. The van der Waals surface area contributed by atoms with Crippen molar-refractivity contribution in [2.75, 3.05) is 11.4 Å². The number of hydrogen-bond acceptors (Lipinski definition) is 5. The van der Waals surface area contributed by atoms with Gasteiger partial charge in [-0.05, 0) is 36.1 Å². The van der Waals surface area contributed by atoms with Crippen molar-refractivity contribution in [1.82, 2.24) is 14.3 Å². The van der Waals surface area contributed by atoms with Crippen molar-refractivity contribution in [1.29, 1.82) is 0 Å². The summed E-state index contributed by atoms with van der Waals surface area (Å²) >= 11 is 1.38. The van der Waals surface area contributed by atoms with Crippen LogP contribution in [0.4, 0.5) is 14.5 Å². The normalized spacial score (nSPS) is 12.8. The van der Waals surface area contributed by atoms with E-state index in [1.165, 1.54) is 27.1 Å². The Morgan fingerprint density at radius 1 is 1.16 bits per heavy atom. The minimum absolute atomic E-state index is 0.0393. The summed E-state index contributed by atoms with van der Waals surface area (Å²) in [6, 6.07) is 14.3. The third kappa shape index (κ3) is 4.54. The monoisotopic (exact) mass is 455 g/mol. The van der Waals surface area contributed by atoms with Gasteiger partial charge in [0.15, 0.2) is 0 Å². The molecular weight excluding hydrogens is 436 g/mol. The Bertz CT molecular complexity index is 1310. The van der Waals surface area contributed by atoms with E-state index < -0.39 is 11.8 Å². The first kappa shape index (κ1) is 21.7. The second-order valence-electron chi connectivity index (χ2n) is 7.13. The highest BCUT2D eigenvalue weighted by molar-refractivity contribution is 7.12. The standard InChI is InChI=1S/C22H19F2N5O2S/c23-21(24)16(11-25)12-29-22(31)27(14-26-29)13-18-7-6-17(32-18)9-10-28-19-4-2-1-3-15(19)5-8-20(28)30/h1-4,6-7,14H,5,8,11-13,25H2. The Labute approximate surface area is 186 Å². The average Bonchev–Trinajstić information content (AvgIpc) is 3.38. The zero-order valence-electron chi connectivity index (χ0n) is 16.9. The quantitative estimate of drug-likeness (QED) is 0.599. The average molecular weight is 455 g/mol. The number of carbonyl (C=O) groups is 1. The summed E-state index contributed by atoms with van der Waals surface area (Å²) < 4.78 is 27.9. The van der Waals surface area contributed by atoms with Gasteiger partial charge >= 0.3 is 5.69 Å². The lowest BCUT2D eigenvalue weighted by molar-refractivity contribution is -0.118. The van der Waals surface area contributed by atoms with E-state index in [1.54, 1.807) is 0 Å². The van der Waals surface area contributed by atoms with E-state index in [4.69, 9.17) is 5.73 Å². The smallest absolute Gasteiger partial charge is 0.327 e.